The maximum Gasteiger partial charge on any atom is 0.446 e. The zero-order valence-corrected chi connectivity index (χ0v) is 16.3. The molecule has 2 aromatic heterocycles. The van der Waals surface area contributed by atoms with Crippen LogP contribution in [0.5, 0.6) is 0 Å². The molecule has 2 heterocycles. The van der Waals surface area contributed by atoms with E-state index >= 15 is 0 Å². The predicted octanol–water partition coefficient (Wildman–Crippen LogP) is 5.17. The summed E-state index contributed by atoms with van der Waals surface area (Å²) in [5, 5.41) is 0. The molecule has 0 aliphatic heterocycles. The zero-order chi connectivity index (χ0) is 20.1. The topological polar surface area (TPSA) is 73.1 Å². The summed E-state index contributed by atoms with van der Waals surface area (Å²) < 4.78 is 68.4. The number of fused-ring (bicyclic) bond motifs is 1. The van der Waals surface area contributed by atoms with Crippen molar-refractivity contribution in [2.75, 3.05) is 5.75 Å². The van der Waals surface area contributed by atoms with E-state index in [4.69, 9.17) is 4.42 Å². The van der Waals surface area contributed by atoms with Crippen LogP contribution >= 0.6 is 11.8 Å². The molecular formula is C18H15F3N2O3S2. The molecule has 10 heteroatoms. The van der Waals surface area contributed by atoms with E-state index in [1.54, 1.807) is 6.07 Å². The summed E-state index contributed by atoms with van der Waals surface area (Å²) >= 11 is -0.247. The van der Waals surface area contributed by atoms with Crippen LogP contribution in [-0.2, 0) is 9.84 Å². The third-order valence-corrected chi connectivity index (χ3v) is 6.87. The molecular weight excluding hydrogens is 413 g/mol. The van der Waals surface area contributed by atoms with E-state index in [9.17, 15) is 21.6 Å². The first-order chi connectivity index (χ1) is 13.2. The summed E-state index contributed by atoms with van der Waals surface area (Å²) in [4.78, 5) is 8.69. The van der Waals surface area contributed by atoms with Gasteiger partial charge in [0, 0.05) is 16.5 Å². The van der Waals surface area contributed by atoms with Crippen molar-refractivity contribution in [2.45, 2.75) is 41.0 Å². The van der Waals surface area contributed by atoms with E-state index in [1.165, 1.54) is 31.2 Å². The molecule has 1 saturated carbocycles. The van der Waals surface area contributed by atoms with Crippen LogP contribution in [0.25, 0.3) is 22.7 Å². The molecule has 5 nitrogen and oxygen atoms in total. The Morgan fingerprint density at radius 1 is 1.18 bits per heavy atom. The Balaban J connectivity index is 1.83. The van der Waals surface area contributed by atoms with Crippen LogP contribution in [0.1, 0.15) is 31.4 Å². The molecule has 1 aliphatic carbocycles. The predicted molar refractivity (Wildman–Crippen MR) is 98.9 cm³/mol. The molecule has 1 aliphatic rings. The Bertz CT molecular complexity index is 1150. The second-order valence-corrected chi connectivity index (χ2v) is 9.84. The number of hydrogen-bond acceptors (Lipinski definition) is 6. The highest BCUT2D eigenvalue weighted by Crippen LogP contribution is 2.41. The molecule has 0 unspecified atom stereocenters. The number of halogens is 3. The lowest BCUT2D eigenvalue weighted by Gasteiger charge is -2.08. The van der Waals surface area contributed by atoms with Crippen LogP contribution in [0, 0.1) is 0 Å². The summed E-state index contributed by atoms with van der Waals surface area (Å²) in [7, 11) is -3.58. The number of pyridine rings is 1. The molecule has 1 fully saturated rings. The average molecular weight is 428 g/mol. The van der Waals surface area contributed by atoms with Gasteiger partial charge in [0.05, 0.1) is 10.6 Å². The Morgan fingerprint density at radius 3 is 2.57 bits per heavy atom. The van der Waals surface area contributed by atoms with Crippen molar-refractivity contribution in [2.24, 2.45) is 0 Å². The quantitative estimate of drug-likeness (QED) is 0.522. The van der Waals surface area contributed by atoms with Gasteiger partial charge in [-0.05, 0) is 54.9 Å². The third kappa shape index (κ3) is 3.88. The third-order valence-electron chi connectivity index (χ3n) is 4.39. The smallest absolute Gasteiger partial charge is 0.435 e. The fraction of sp³-hybridized carbons (Fsp3) is 0.333. The van der Waals surface area contributed by atoms with Crippen molar-refractivity contribution in [3.05, 3.63) is 36.0 Å². The molecule has 0 amide bonds. The fourth-order valence-electron chi connectivity index (χ4n) is 2.83. The number of nitrogens with zero attached hydrogens (tertiary/aromatic N) is 2. The molecule has 3 aromatic rings. The van der Waals surface area contributed by atoms with Crippen molar-refractivity contribution in [3.63, 3.8) is 0 Å². The normalized spacial score (nSPS) is 15.3. The Labute approximate surface area is 163 Å². The molecule has 148 valence electrons. The lowest BCUT2D eigenvalue weighted by molar-refractivity contribution is -0.0328. The Kier molecular flexibility index (Phi) is 4.65. The molecule has 0 saturated heterocycles. The van der Waals surface area contributed by atoms with Crippen molar-refractivity contribution in [3.8, 4) is 11.6 Å². The van der Waals surface area contributed by atoms with Gasteiger partial charge in [-0.3, -0.25) is 0 Å². The highest BCUT2D eigenvalue weighted by atomic mass is 32.2. The maximum atomic E-state index is 12.6. The van der Waals surface area contributed by atoms with E-state index in [0.717, 1.165) is 18.5 Å². The molecule has 0 atom stereocenters. The minimum absolute atomic E-state index is 0.0100. The average Bonchev–Trinajstić information content (AvgIpc) is 3.39. The van der Waals surface area contributed by atoms with Crippen LogP contribution in [0.15, 0.2) is 44.5 Å². The van der Waals surface area contributed by atoms with Gasteiger partial charge in [-0.15, -0.1) is 0 Å². The van der Waals surface area contributed by atoms with Gasteiger partial charge in [0.15, 0.2) is 15.4 Å². The lowest BCUT2D eigenvalue weighted by Crippen LogP contribution is -2.08. The molecule has 4 rings (SSSR count). The first kappa shape index (κ1) is 19.3. The zero-order valence-electron chi connectivity index (χ0n) is 14.7. The monoisotopic (exact) mass is 428 g/mol. The number of oxazole rings is 1. The number of sulfone groups is 1. The second kappa shape index (κ2) is 6.77. The van der Waals surface area contributed by atoms with Gasteiger partial charge in [-0.25, -0.2) is 18.4 Å². The summed E-state index contributed by atoms with van der Waals surface area (Å²) in [6, 6.07) is 7.14. The van der Waals surface area contributed by atoms with E-state index in [-0.39, 0.29) is 55.9 Å². The van der Waals surface area contributed by atoms with Gasteiger partial charge < -0.3 is 4.42 Å². The van der Waals surface area contributed by atoms with Crippen LogP contribution < -0.4 is 0 Å². The molecule has 0 spiro atoms. The number of benzene rings is 1. The summed E-state index contributed by atoms with van der Waals surface area (Å²) in [5.41, 5.74) is -3.07. The minimum atomic E-state index is -4.41. The number of rotatable bonds is 5. The van der Waals surface area contributed by atoms with Crippen LogP contribution in [-0.4, -0.2) is 29.6 Å². The van der Waals surface area contributed by atoms with Crippen molar-refractivity contribution in [1.82, 2.24) is 9.97 Å². The summed E-state index contributed by atoms with van der Waals surface area (Å²) in [6.07, 6.45) is 1.97. The second-order valence-electron chi connectivity index (χ2n) is 6.46. The summed E-state index contributed by atoms with van der Waals surface area (Å²) in [6.45, 7) is 1.53. The van der Waals surface area contributed by atoms with Crippen LogP contribution in [0.2, 0.25) is 0 Å². The van der Waals surface area contributed by atoms with Crippen LogP contribution in [0.3, 0.4) is 0 Å². The number of alkyl halides is 3. The molecule has 0 bridgehead atoms. The van der Waals surface area contributed by atoms with Crippen LogP contribution in [0.4, 0.5) is 13.2 Å². The van der Waals surface area contributed by atoms with E-state index in [1.807, 2.05) is 0 Å². The first-order valence-electron chi connectivity index (χ1n) is 8.56. The van der Waals surface area contributed by atoms with Crippen molar-refractivity contribution >= 4 is 32.7 Å². The molecule has 28 heavy (non-hydrogen) atoms. The number of aromatic nitrogens is 2. The van der Waals surface area contributed by atoms with Gasteiger partial charge in [-0.2, -0.15) is 13.2 Å². The van der Waals surface area contributed by atoms with E-state index in [0.29, 0.717) is 0 Å². The van der Waals surface area contributed by atoms with Gasteiger partial charge in [0.25, 0.3) is 0 Å². The SMILES string of the molecule is CCS(=O)(=O)c1ccc(C2CC2)nc1-c1nc2cc(SC(F)(F)F)ccc2o1. The van der Waals surface area contributed by atoms with Gasteiger partial charge in [0.2, 0.25) is 5.89 Å². The number of hydrogen-bond donors (Lipinski definition) is 0. The molecule has 1 aromatic carbocycles. The highest BCUT2D eigenvalue weighted by molar-refractivity contribution is 8.00. The number of thioether (sulfide) groups is 1. The van der Waals surface area contributed by atoms with Gasteiger partial charge in [0.1, 0.15) is 11.2 Å². The van der Waals surface area contributed by atoms with Gasteiger partial charge in [-0.1, -0.05) is 6.92 Å². The summed E-state index contributed by atoms with van der Waals surface area (Å²) in [5.74, 6) is 0.159. The Hall–Kier alpha value is -2.07. The maximum absolute atomic E-state index is 12.6. The lowest BCUT2D eigenvalue weighted by atomic mass is 10.2. The highest BCUT2D eigenvalue weighted by Gasteiger charge is 2.31. The fourth-order valence-corrected chi connectivity index (χ4v) is 4.42. The molecule has 0 N–H and O–H groups in total. The molecule has 0 radical (unpaired) electrons. The van der Waals surface area contributed by atoms with Crippen molar-refractivity contribution in [1.29, 1.82) is 0 Å². The standard InChI is InChI=1S/C18H15F3N2O3S2/c1-2-28(24,25)15-8-6-12(10-3-4-10)22-16(15)17-23-13-9-11(27-18(19,20)21)5-7-14(13)26-17/h5-10H,2-4H2,1H3. The first-order valence-corrected chi connectivity index (χ1v) is 11.0. The minimum Gasteiger partial charge on any atom is -0.435 e. The van der Waals surface area contributed by atoms with E-state index < -0.39 is 15.3 Å². The van der Waals surface area contributed by atoms with E-state index in [2.05, 4.69) is 9.97 Å². The van der Waals surface area contributed by atoms with Crippen molar-refractivity contribution < 1.29 is 26.0 Å². The largest absolute Gasteiger partial charge is 0.446 e. The Morgan fingerprint density at radius 2 is 1.93 bits per heavy atom. The van der Waals surface area contributed by atoms with Gasteiger partial charge >= 0.3 is 5.51 Å².